The van der Waals surface area contributed by atoms with Gasteiger partial charge >= 0.3 is 6.03 Å². The van der Waals surface area contributed by atoms with Gasteiger partial charge in [0.1, 0.15) is 0 Å². The first-order valence-corrected chi connectivity index (χ1v) is 9.49. The van der Waals surface area contributed by atoms with Crippen molar-refractivity contribution in [3.8, 4) is 0 Å². The largest absolute Gasteiger partial charge is 0.338 e. The molecule has 3 rings (SSSR count). The zero-order valence-corrected chi connectivity index (χ0v) is 15.2. The lowest BCUT2D eigenvalue weighted by Gasteiger charge is -2.35. The normalized spacial score (nSPS) is 20.4. The zero-order chi connectivity index (χ0) is 17.5. The molecule has 1 aromatic heterocycles. The van der Waals surface area contributed by atoms with Gasteiger partial charge in [0.15, 0.2) is 0 Å². The number of anilines is 1. The van der Waals surface area contributed by atoms with E-state index in [0.717, 1.165) is 32.1 Å². The summed E-state index contributed by atoms with van der Waals surface area (Å²) in [7, 11) is 0. The van der Waals surface area contributed by atoms with Crippen LogP contribution in [0, 0.1) is 5.92 Å². The molecule has 1 aromatic rings. The van der Waals surface area contributed by atoms with Crippen LogP contribution in [-0.2, 0) is 0 Å². The van der Waals surface area contributed by atoms with E-state index in [1.54, 1.807) is 12.4 Å². The molecule has 2 saturated heterocycles. The van der Waals surface area contributed by atoms with Crippen molar-refractivity contribution in [1.82, 2.24) is 25.1 Å². The second-order valence-electron chi connectivity index (χ2n) is 7.18. The third-order valence-electron chi connectivity index (χ3n) is 5.02. The highest BCUT2D eigenvalue weighted by molar-refractivity contribution is 5.74. The zero-order valence-electron chi connectivity index (χ0n) is 15.2. The van der Waals surface area contributed by atoms with E-state index < -0.39 is 0 Å². The van der Waals surface area contributed by atoms with Gasteiger partial charge in [-0.2, -0.15) is 0 Å². The van der Waals surface area contributed by atoms with Crippen LogP contribution in [0.3, 0.4) is 0 Å². The van der Waals surface area contributed by atoms with Crippen molar-refractivity contribution in [3.63, 3.8) is 0 Å². The summed E-state index contributed by atoms with van der Waals surface area (Å²) in [4.78, 5) is 27.5. The minimum atomic E-state index is 0.0547. The van der Waals surface area contributed by atoms with Crippen LogP contribution in [0.2, 0.25) is 0 Å². The summed E-state index contributed by atoms with van der Waals surface area (Å²) in [5.74, 6) is 1.23. The second kappa shape index (κ2) is 8.99. The number of likely N-dealkylation sites (tertiary alicyclic amines) is 1. The van der Waals surface area contributed by atoms with Gasteiger partial charge in [-0.25, -0.2) is 14.8 Å². The van der Waals surface area contributed by atoms with E-state index in [1.165, 1.54) is 32.4 Å². The van der Waals surface area contributed by atoms with Gasteiger partial charge in [-0.05, 0) is 37.9 Å². The van der Waals surface area contributed by atoms with Crippen LogP contribution in [0.1, 0.15) is 26.2 Å². The smallest absolute Gasteiger partial charge is 0.317 e. The topological polar surface area (TPSA) is 64.6 Å². The Bertz CT molecular complexity index is 526. The highest BCUT2D eigenvalue weighted by Gasteiger charge is 2.22. The molecule has 0 spiro atoms. The summed E-state index contributed by atoms with van der Waals surface area (Å²) in [5, 5.41) is 3.11. The number of carbonyl (C=O) groups excluding carboxylic acids is 1. The van der Waals surface area contributed by atoms with E-state index in [0.29, 0.717) is 19.0 Å². The number of piperidine rings is 1. The molecule has 2 aliphatic heterocycles. The lowest BCUT2D eigenvalue weighted by molar-refractivity contribution is 0.182. The van der Waals surface area contributed by atoms with E-state index in [1.807, 2.05) is 11.0 Å². The van der Waals surface area contributed by atoms with Gasteiger partial charge in [-0.3, -0.25) is 0 Å². The fourth-order valence-corrected chi connectivity index (χ4v) is 3.58. The van der Waals surface area contributed by atoms with Crippen LogP contribution in [0.15, 0.2) is 18.5 Å². The molecule has 0 saturated carbocycles. The molecule has 0 radical (unpaired) electrons. The molecule has 2 amide bonds. The maximum atomic E-state index is 12.4. The SMILES string of the molecule is CC(CNC(=O)N1CCN(c2ncccn2)CC1)CN1CCCCC1. The fourth-order valence-electron chi connectivity index (χ4n) is 3.58. The third kappa shape index (κ3) is 5.29. The van der Waals surface area contributed by atoms with Gasteiger partial charge < -0.3 is 20.0 Å². The molecule has 1 atom stereocenters. The summed E-state index contributed by atoms with van der Waals surface area (Å²) >= 11 is 0. The molecule has 0 bridgehead atoms. The first-order chi connectivity index (χ1) is 12.2. The Morgan fingerprint density at radius 1 is 1.08 bits per heavy atom. The Morgan fingerprint density at radius 3 is 2.44 bits per heavy atom. The molecule has 0 aromatic carbocycles. The Morgan fingerprint density at radius 2 is 1.76 bits per heavy atom. The van der Waals surface area contributed by atoms with E-state index >= 15 is 0 Å². The van der Waals surface area contributed by atoms with E-state index in [4.69, 9.17) is 0 Å². The van der Waals surface area contributed by atoms with E-state index in [2.05, 4.69) is 32.0 Å². The van der Waals surface area contributed by atoms with Gasteiger partial charge in [-0.1, -0.05) is 13.3 Å². The number of amides is 2. The van der Waals surface area contributed by atoms with Crippen LogP contribution >= 0.6 is 0 Å². The number of rotatable bonds is 5. The number of piperazine rings is 1. The monoisotopic (exact) mass is 346 g/mol. The van der Waals surface area contributed by atoms with Crippen molar-refractivity contribution >= 4 is 12.0 Å². The molecule has 2 aliphatic rings. The van der Waals surface area contributed by atoms with Crippen LogP contribution in [0.5, 0.6) is 0 Å². The average molecular weight is 346 g/mol. The molecule has 138 valence electrons. The highest BCUT2D eigenvalue weighted by Crippen LogP contribution is 2.11. The van der Waals surface area contributed by atoms with Crippen molar-refractivity contribution in [1.29, 1.82) is 0 Å². The highest BCUT2D eigenvalue weighted by atomic mass is 16.2. The molecular weight excluding hydrogens is 316 g/mol. The Balaban J connectivity index is 1.36. The quantitative estimate of drug-likeness (QED) is 0.874. The molecule has 25 heavy (non-hydrogen) atoms. The molecule has 7 heteroatoms. The predicted molar refractivity (Wildman–Crippen MR) is 98.7 cm³/mol. The molecular formula is C18H30N6O. The number of nitrogens with zero attached hydrogens (tertiary/aromatic N) is 5. The molecule has 2 fully saturated rings. The lowest BCUT2D eigenvalue weighted by atomic mass is 10.1. The maximum absolute atomic E-state index is 12.4. The van der Waals surface area contributed by atoms with E-state index in [9.17, 15) is 4.79 Å². The minimum Gasteiger partial charge on any atom is -0.338 e. The summed E-state index contributed by atoms with van der Waals surface area (Å²) in [6.45, 7) is 9.45. The van der Waals surface area contributed by atoms with Crippen LogP contribution < -0.4 is 10.2 Å². The maximum Gasteiger partial charge on any atom is 0.317 e. The number of carbonyl (C=O) groups is 1. The summed E-state index contributed by atoms with van der Waals surface area (Å²) in [6.07, 6.45) is 7.50. The summed E-state index contributed by atoms with van der Waals surface area (Å²) in [5.41, 5.74) is 0. The first-order valence-electron chi connectivity index (χ1n) is 9.49. The lowest BCUT2D eigenvalue weighted by Crippen LogP contribution is -2.53. The molecule has 7 nitrogen and oxygen atoms in total. The summed E-state index contributed by atoms with van der Waals surface area (Å²) < 4.78 is 0. The average Bonchev–Trinajstić information content (AvgIpc) is 2.68. The predicted octanol–water partition coefficient (Wildman–Crippen LogP) is 1.43. The number of hydrogen-bond donors (Lipinski definition) is 1. The van der Waals surface area contributed by atoms with Crippen LogP contribution in [0.25, 0.3) is 0 Å². The van der Waals surface area contributed by atoms with E-state index in [-0.39, 0.29) is 6.03 Å². The van der Waals surface area contributed by atoms with Crippen molar-refractivity contribution < 1.29 is 4.79 Å². The molecule has 1 N–H and O–H groups in total. The summed E-state index contributed by atoms with van der Waals surface area (Å²) in [6, 6.07) is 1.87. The molecule has 0 aliphatic carbocycles. The van der Waals surface area contributed by atoms with Crippen LogP contribution in [0.4, 0.5) is 10.7 Å². The first kappa shape index (κ1) is 17.9. The second-order valence-corrected chi connectivity index (χ2v) is 7.18. The van der Waals surface area contributed by atoms with Gasteiger partial charge in [0, 0.05) is 51.7 Å². The number of aromatic nitrogens is 2. The third-order valence-corrected chi connectivity index (χ3v) is 5.02. The number of urea groups is 1. The van der Waals surface area contributed by atoms with Crippen molar-refractivity contribution in [2.24, 2.45) is 5.92 Å². The Kier molecular flexibility index (Phi) is 6.44. The van der Waals surface area contributed by atoms with Crippen molar-refractivity contribution in [2.45, 2.75) is 26.2 Å². The molecule has 3 heterocycles. The minimum absolute atomic E-state index is 0.0547. The van der Waals surface area contributed by atoms with Gasteiger partial charge in [0.2, 0.25) is 5.95 Å². The standard InChI is InChI=1S/C18H30N6O/c1-16(15-22-8-3-2-4-9-22)14-21-18(25)24-12-10-23(11-13-24)17-19-6-5-7-20-17/h5-7,16H,2-4,8-15H2,1H3,(H,21,25). The van der Waals surface area contributed by atoms with Gasteiger partial charge in [0.05, 0.1) is 0 Å². The number of nitrogens with one attached hydrogen (secondary N) is 1. The Labute approximate surface area is 150 Å². The Hall–Kier alpha value is -1.89. The van der Waals surface area contributed by atoms with Crippen molar-refractivity contribution in [2.75, 3.05) is 57.3 Å². The van der Waals surface area contributed by atoms with Crippen LogP contribution in [-0.4, -0.2) is 78.2 Å². The number of hydrogen-bond acceptors (Lipinski definition) is 5. The fraction of sp³-hybridized carbons (Fsp3) is 0.722. The van der Waals surface area contributed by atoms with Gasteiger partial charge in [-0.15, -0.1) is 0 Å². The molecule has 1 unspecified atom stereocenters. The van der Waals surface area contributed by atoms with Crippen molar-refractivity contribution in [3.05, 3.63) is 18.5 Å². The van der Waals surface area contributed by atoms with Gasteiger partial charge in [0.25, 0.3) is 0 Å².